The fraction of sp³-hybridized carbons (Fsp3) is 0.571. The molecule has 1 aromatic rings. The van der Waals surface area contributed by atoms with Crippen LogP contribution in [0.25, 0.3) is 0 Å². The molecule has 9 heteroatoms. The zero-order valence-electron chi connectivity index (χ0n) is 13.2. The van der Waals surface area contributed by atoms with Crippen LogP contribution in [0.3, 0.4) is 0 Å². The van der Waals surface area contributed by atoms with Gasteiger partial charge in [-0.25, -0.2) is 12.7 Å². The molecule has 0 bridgehead atoms. The molecule has 2 atom stereocenters. The first-order valence-electron chi connectivity index (χ1n) is 7.10. The summed E-state index contributed by atoms with van der Waals surface area (Å²) in [6, 6.07) is 2.85. The van der Waals surface area contributed by atoms with Gasteiger partial charge in [-0.1, -0.05) is 0 Å². The minimum atomic E-state index is -3.36. The number of amides is 1. The van der Waals surface area contributed by atoms with Gasteiger partial charge in [-0.3, -0.25) is 9.59 Å². The summed E-state index contributed by atoms with van der Waals surface area (Å²) < 4.78 is 30.5. The normalized spacial score (nSPS) is 21.6. The maximum atomic E-state index is 12.3. The number of carbonyl (C=O) groups is 2. The summed E-state index contributed by atoms with van der Waals surface area (Å²) >= 11 is 1.12. The first kappa shape index (κ1) is 18.1. The van der Waals surface area contributed by atoms with Gasteiger partial charge in [-0.05, 0) is 19.1 Å². The van der Waals surface area contributed by atoms with Crippen LogP contribution in [-0.2, 0) is 14.8 Å². The van der Waals surface area contributed by atoms with Gasteiger partial charge in [-0.15, -0.1) is 11.3 Å². The standard InChI is InChI=1S/C14H20N2O5S2/c1-9(17)12-4-5-13(22-12)14(18)15-11-7-21-6-10(11)8-23(19,20)16(2)3/h4-5,10-11H,6-8H2,1-3H3,(H,15,18)/t10-,11+/m0/s1. The molecule has 128 valence electrons. The molecule has 1 aliphatic heterocycles. The van der Waals surface area contributed by atoms with Crippen LogP contribution >= 0.6 is 11.3 Å². The number of ether oxygens (including phenoxy) is 1. The average molecular weight is 360 g/mol. The Balaban J connectivity index is 2.03. The number of rotatable bonds is 6. The van der Waals surface area contributed by atoms with Crippen molar-refractivity contribution in [3.05, 3.63) is 21.9 Å². The summed E-state index contributed by atoms with van der Waals surface area (Å²) in [5, 5.41) is 2.81. The Bertz CT molecular complexity index is 696. The van der Waals surface area contributed by atoms with Crippen LogP contribution in [-0.4, -0.2) is 63.5 Å². The Kier molecular flexibility index (Phi) is 5.56. The van der Waals surface area contributed by atoms with E-state index in [4.69, 9.17) is 4.74 Å². The number of hydrogen-bond acceptors (Lipinski definition) is 6. The van der Waals surface area contributed by atoms with Crippen molar-refractivity contribution in [2.75, 3.05) is 33.1 Å². The Hall–Kier alpha value is -1.29. The fourth-order valence-electron chi connectivity index (χ4n) is 2.23. The van der Waals surface area contributed by atoms with Gasteiger partial charge in [0.15, 0.2) is 5.78 Å². The molecule has 1 saturated heterocycles. The van der Waals surface area contributed by atoms with Crippen LogP contribution in [0.15, 0.2) is 12.1 Å². The zero-order chi connectivity index (χ0) is 17.2. The third kappa shape index (κ3) is 4.37. The van der Waals surface area contributed by atoms with Crippen LogP contribution < -0.4 is 5.32 Å². The lowest BCUT2D eigenvalue weighted by Crippen LogP contribution is -2.43. The van der Waals surface area contributed by atoms with E-state index in [1.807, 2.05) is 0 Å². The second-order valence-electron chi connectivity index (χ2n) is 5.66. The molecule has 1 aromatic heterocycles. The SMILES string of the molecule is CC(=O)c1ccc(C(=O)N[C@@H]2COC[C@H]2CS(=O)(=O)N(C)C)s1. The molecule has 1 amide bonds. The minimum Gasteiger partial charge on any atom is -0.379 e. The van der Waals surface area contributed by atoms with Crippen molar-refractivity contribution < 1.29 is 22.7 Å². The number of carbonyl (C=O) groups excluding carboxylic acids is 2. The van der Waals surface area contributed by atoms with Crippen molar-refractivity contribution in [3.63, 3.8) is 0 Å². The Morgan fingerprint density at radius 3 is 2.52 bits per heavy atom. The second-order valence-corrected chi connectivity index (χ2v) is 8.97. The lowest BCUT2D eigenvalue weighted by molar-refractivity contribution is 0.0929. The van der Waals surface area contributed by atoms with Crippen molar-refractivity contribution in [3.8, 4) is 0 Å². The predicted molar refractivity (Wildman–Crippen MR) is 87.4 cm³/mol. The molecule has 2 rings (SSSR count). The first-order valence-corrected chi connectivity index (χ1v) is 9.53. The van der Waals surface area contributed by atoms with Crippen molar-refractivity contribution in [2.45, 2.75) is 13.0 Å². The van der Waals surface area contributed by atoms with Crippen LogP contribution in [0.2, 0.25) is 0 Å². The molecule has 1 fully saturated rings. The van der Waals surface area contributed by atoms with Crippen LogP contribution in [0.1, 0.15) is 26.3 Å². The lowest BCUT2D eigenvalue weighted by Gasteiger charge is -2.20. The molecule has 2 heterocycles. The highest BCUT2D eigenvalue weighted by Gasteiger charge is 2.34. The van der Waals surface area contributed by atoms with E-state index in [1.54, 1.807) is 12.1 Å². The Morgan fingerprint density at radius 1 is 1.30 bits per heavy atom. The van der Waals surface area contributed by atoms with Crippen LogP contribution in [0, 0.1) is 5.92 Å². The molecule has 1 aliphatic rings. The quantitative estimate of drug-likeness (QED) is 0.750. The largest absolute Gasteiger partial charge is 0.379 e. The van der Waals surface area contributed by atoms with E-state index in [0.29, 0.717) is 16.4 Å². The molecule has 23 heavy (non-hydrogen) atoms. The van der Waals surface area contributed by atoms with E-state index >= 15 is 0 Å². The van der Waals surface area contributed by atoms with E-state index in [2.05, 4.69) is 5.32 Å². The molecule has 0 saturated carbocycles. The first-order chi connectivity index (χ1) is 10.7. The van der Waals surface area contributed by atoms with E-state index in [1.165, 1.54) is 25.3 Å². The van der Waals surface area contributed by atoms with Crippen LogP contribution in [0.5, 0.6) is 0 Å². The zero-order valence-corrected chi connectivity index (χ0v) is 14.9. The van der Waals surface area contributed by atoms with Gasteiger partial charge in [-0.2, -0.15) is 0 Å². The lowest BCUT2D eigenvalue weighted by atomic mass is 10.1. The van der Waals surface area contributed by atoms with Crippen molar-refractivity contribution >= 4 is 33.1 Å². The highest BCUT2D eigenvalue weighted by molar-refractivity contribution is 7.89. The van der Waals surface area contributed by atoms with Gasteiger partial charge in [0.25, 0.3) is 5.91 Å². The fourth-order valence-corrected chi connectivity index (χ4v) is 4.20. The summed E-state index contributed by atoms with van der Waals surface area (Å²) in [4.78, 5) is 24.5. The summed E-state index contributed by atoms with van der Waals surface area (Å²) in [6.45, 7) is 2.02. The van der Waals surface area contributed by atoms with E-state index in [-0.39, 0.29) is 36.0 Å². The third-order valence-electron chi connectivity index (χ3n) is 3.67. The summed E-state index contributed by atoms with van der Waals surface area (Å²) in [5.41, 5.74) is 0. The molecule has 0 unspecified atom stereocenters. The van der Waals surface area contributed by atoms with Gasteiger partial charge in [0, 0.05) is 20.0 Å². The van der Waals surface area contributed by atoms with Gasteiger partial charge in [0.1, 0.15) is 0 Å². The topological polar surface area (TPSA) is 92.8 Å². The summed E-state index contributed by atoms with van der Waals surface area (Å²) in [5.74, 6) is -0.772. The molecule has 0 aliphatic carbocycles. The monoisotopic (exact) mass is 360 g/mol. The van der Waals surface area contributed by atoms with Crippen LogP contribution in [0.4, 0.5) is 0 Å². The maximum Gasteiger partial charge on any atom is 0.261 e. The predicted octanol–water partition coefficient (Wildman–Crippen LogP) is 0.587. The Morgan fingerprint density at radius 2 is 1.96 bits per heavy atom. The number of sulfonamides is 1. The van der Waals surface area contributed by atoms with Crippen molar-refractivity contribution in [1.82, 2.24) is 9.62 Å². The van der Waals surface area contributed by atoms with E-state index in [0.717, 1.165) is 11.3 Å². The molecule has 0 radical (unpaired) electrons. The molecule has 1 N–H and O–H groups in total. The number of thiophene rings is 1. The Labute approximate surface area is 139 Å². The number of nitrogens with zero attached hydrogens (tertiary/aromatic N) is 1. The maximum absolute atomic E-state index is 12.3. The van der Waals surface area contributed by atoms with Gasteiger partial charge >= 0.3 is 0 Å². The third-order valence-corrected chi connectivity index (χ3v) is 6.82. The molecular weight excluding hydrogens is 340 g/mol. The average Bonchev–Trinajstić information content (AvgIpc) is 3.08. The number of Topliss-reactive ketones (excluding diaryl/α,β-unsaturated/α-hetero) is 1. The van der Waals surface area contributed by atoms with E-state index in [9.17, 15) is 18.0 Å². The smallest absolute Gasteiger partial charge is 0.261 e. The second kappa shape index (κ2) is 7.08. The molecule has 0 spiro atoms. The summed E-state index contributed by atoms with van der Waals surface area (Å²) in [6.07, 6.45) is 0. The minimum absolute atomic E-state index is 0.0753. The summed E-state index contributed by atoms with van der Waals surface area (Å²) in [7, 11) is -0.402. The molecular formula is C14H20N2O5S2. The van der Waals surface area contributed by atoms with Gasteiger partial charge in [0.05, 0.1) is 34.8 Å². The number of nitrogens with one attached hydrogen (secondary N) is 1. The van der Waals surface area contributed by atoms with Gasteiger partial charge < -0.3 is 10.1 Å². The highest BCUT2D eigenvalue weighted by Crippen LogP contribution is 2.20. The number of hydrogen-bond donors (Lipinski definition) is 1. The molecule has 7 nitrogen and oxygen atoms in total. The van der Waals surface area contributed by atoms with Gasteiger partial charge in [0.2, 0.25) is 10.0 Å². The van der Waals surface area contributed by atoms with E-state index < -0.39 is 10.0 Å². The van der Waals surface area contributed by atoms with Crippen molar-refractivity contribution in [1.29, 1.82) is 0 Å². The highest BCUT2D eigenvalue weighted by atomic mass is 32.2. The molecule has 0 aromatic carbocycles. The number of ketones is 1. The van der Waals surface area contributed by atoms with Crippen molar-refractivity contribution in [2.24, 2.45) is 5.92 Å².